The van der Waals surface area contributed by atoms with Gasteiger partial charge in [-0.25, -0.2) is 15.0 Å². The van der Waals surface area contributed by atoms with Crippen molar-refractivity contribution in [2.24, 2.45) is 0 Å². The molecule has 0 spiro atoms. The van der Waals surface area contributed by atoms with Gasteiger partial charge >= 0.3 is 0 Å². The van der Waals surface area contributed by atoms with Crippen molar-refractivity contribution in [1.29, 1.82) is 0 Å². The molecule has 1 aromatic carbocycles. The van der Waals surface area contributed by atoms with Gasteiger partial charge in [-0.15, -0.1) is 0 Å². The van der Waals surface area contributed by atoms with E-state index in [4.69, 9.17) is 5.73 Å². The highest BCUT2D eigenvalue weighted by molar-refractivity contribution is 5.96. The zero-order chi connectivity index (χ0) is 22.7. The number of pyridine rings is 1. The van der Waals surface area contributed by atoms with E-state index in [0.29, 0.717) is 5.82 Å². The molecule has 1 aliphatic rings. The van der Waals surface area contributed by atoms with Gasteiger partial charge in [0, 0.05) is 48.1 Å². The Kier molecular flexibility index (Phi) is 6.46. The van der Waals surface area contributed by atoms with E-state index in [9.17, 15) is 4.79 Å². The highest BCUT2D eigenvalue weighted by atomic mass is 16.2. The van der Waals surface area contributed by atoms with Gasteiger partial charge in [-0.3, -0.25) is 4.79 Å². The van der Waals surface area contributed by atoms with Gasteiger partial charge in [0.1, 0.15) is 12.1 Å². The Morgan fingerprint density at radius 1 is 1.03 bits per heavy atom. The SMILES string of the molecule is CCc1ncnc(-c2ccc(C(=O)N3CCCN(C)CC3)c(C)c2)c1-c1ccc(N)nc1. The van der Waals surface area contributed by atoms with Crippen molar-refractivity contribution in [3.05, 3.63) is 59.7 Å². The minimum absolute atomic E-state index is 0.101. The average molecular weight is 431 g/mol. The van der Waals surface area contributed by atoms with Gasteiger partial charge < -0.3 is 15.5 Å². The van der Waals surface area contributed by atoms with Crippen molar-refractivity contribution in [3.8, 4) is 22.4 Å². The van der Waals surface area contributed by atoms with Crippen molar-refractivity contribution in [2.75, 3.05) is 39.0 Å². The summed E-state index contributed by atoms with van der Waals surface area (Å²) in [6.07, 6.45) is 5.13. The second-order valence-electron chi connectivity index (χ2n) is 8.35. The Balaban J connectivity index is 1.70. The maximum Gasteiger partial charge on any atom is 0.254 e. The summed E-state index contributed by atoms with van der Waals surface area (Å²) < 4.78 is 0. The molecule has 2 aromatic heterocycles. The summed E-state index contributed by atoms with van der Waals surface area (Å²) in [6, 6.07) is 9.70. The standard InChI is InChI=1S/C25H30N6O/c1-4-21-23(19-7-9-22(26)27-15-19)24(29-16-28-21)18-6-8-20(17(2)14-18)25(32)31-11-5-10-30(3)12-13-31/h6-9,14-16H,4-5,10-13H2,1-3H3,(H2,26,27). The number of likely N-dealkylation sites (N-methyl/N-ethyl adjacent to an activating group) is 1. The van der Waals surface area contributed by atoms with E-state index in [0.717, 1.165) is 78.2 Å². The molecular weight excluding hydrogens is 400 g/mol. The van der Waals surface area contributed by atoms with E-state index in [1.54, 1.807) is 18.6 Å². The highest BCUT2D eigenvalue weighted by Gasteiger charge is 2.21. The summed E-state index contributed by atoms with van der Waals surface area (Å²) in [5, 5.41) is 0. The van der Waals surface area contributed by atoms with Crippen LogP contribution in [0.4, 0.5) is 5.82 Å². The second kappa shape index (κ2) is 9.44. The van der Waals surface area contributed by atoms with Crippen LogP contribution in [-0.4, -0.2) is 63.9 Å². The molecule has 0 unspecified atom stereocenters. The smallest absolute Gasteiger partial charge is 0.254 e. The van der Waals surface area contributed by atoms with Crippen LogP contribution in [0.15, 0.2) is 42.9 Å². The first-order valence-corrected chi connectivity index (χ1v) is 11.1. The average Bonchev–Trinajstić information content (AvgIpc) is 3.03. The molecule has 0 saturated carbocycles. The lowest BCUT2D eigenvalue weighted by atomic mass is 9.95. The molecule has 1 aliphatic heterocycles. The van der Waals surface area contributed by atoms with Crippen LogP contribution in [0.1, 0.15) is 35.0 Å². The van der Waals surface area contributed by atoms with Crippen LogP contribution in [0.2, 0.25) is 0 Å². The zero-order valence-electron chi connectivity index (χ0n) is 19.0. The molecule has 1 fully saturated rings. The number of carbonyl (C=O) groups excluding carboxylic acids is 1. The Bertz CT molecular complexity index is 1110. The summed E-state index contributed by atoms with van der Waals surface area (Å²) in [6.45, 7) is 7.56. The lowest BCUT2D eigenvalue weighted by Crippen LogP contribution is -2.34. The first kappa shape index (κ1) is 21.9. The molecule has 1 amide bonds. The molecular formula is C25H30N6O. The van der Waals surface area contributed by atoms with Crippen molar-refractivity contribution < 1.29 is 4.79 Å². The van der Waals surface area contributed by atoms with Crippen molar-refractivity contribution >= 4 is 11.7 Å². The van der Waals surface area contributed by atoms with E-state index in [-0.39, 0.29) is 5.91 Å². The van der Waals surface area contributed by atoms with Crippen LogP contribution < -0.4 is 5.73 Å². The molecule has 0 radical (unpaired) electrons. The molecule has 3 aromatic rings. The van der Waals surface area contributed by atoms with Crippen LogP contribution in [-0.2, 0) is 6.42 Å². The van der Waals surface area contributed by atoms with Crippen LogP contribution in [0.5, 0.6) is 0 Å². The normalized spacial score (nSPS) is 14.9. The van der Waals surface area contributed by atoms with Crippen LogP contribution in [0, 0.1) is 6.92 Å². The second-order valence-corrected chi connectivity index (χ2v) is 8.35. The number of hydrogen-bond donors (Lipinski definition) is 1. The minimum Gasteiger partial charge on any atom is -0.384 e. The van der Waals surface area contributed by atoms with Crippen LogP contribution in [0.3, 0.4) is 0 Å². The summed E-state index contributed by atoms with van der Waals surface area (Å²) in [5.41, 5.74) is 12.1. The fourth-order valence-electron chi connectivity index (χ4n) is 4.24. The predicted octanol–water partition coefficient (Wildman–Crippen LogP) is 3.44. The molecule has 32 heavy (non-hydrogen) atoms. The maximum absolute atomic E-state index is 13.2. The van der Waals surface area contributed by atoms with E-state index >= 15 is 0 Å². The number of benzene rings is 1. The summed E-state index contributed by atoms with van der Waals surface area (Å²) in [7, 11) is 2.11. The number of nitrogen functional groups attached to an aromatic ring is 1. The monoisotopic (exact) mass is 430 g/mol. The number of aromatic nitrogens is 3. The predicted molar refractivity (Wildman–Crippen MR) is 127 cm³/mol. The molecule has 2 N–H and O–H groups in total. The van der Waals surface area contributed by atoms with Gasteiger partial charge in [-0.05, 0) is 63.2 Å². The molecule has 0 atom stereocenters. The molecule has 7 heteroatoms. The Labute approximate surface area is 189 Å². The number of rotatable bonds is 4. The van der Waals surface area contributed by atoms with Gasteiger partial charge in [0.05, 0.1) is 11.4 Å². The summed E-state index contributed by atoms with van der Waals surface area (Å²) in [4.78, 5) is 30.8. The van der Waals surface area contributed by atoms with Gasteiger partial charge in [-0.2, -0.15) is 0 Å². The Hall–Kier alpha value is -3.32. The largest absolute Gasteiger partial charge is 0.384 e. The quantitative estimate of drug-likeness (QED) is 0.682. The van der Waals surface area contributed by atoms with Crippen molar-refractivity contribution in [1.82, 2.24) is 24.8 Å². The highest BCUT2D eigenvalue weighted by Crippen LogP contribution is 2.33. The first-order valence-electron chi connectivity index (χ1n) is 11.1. The van der Waals surface area contributed by atoms with Gasteiger partial charge in [0.2, 0.25) is 0 Å². The summed E-state index contributed by atoms with van der Waals surface area (Å²) >= 11 is 0. The molecule has 166 valence electrons. The number of nitrogens with two attached hydrogens (primary N) is 1. The number of anilines is 1. The summed E-state index contributed by atoms with van der Waals surface area (Å²) in [5.74, 6) is 0.577. The van der Waals surface area contributed by atoms with E-state index in [2.05, 4.69) is 33.8 Å². The number of nitrogens with zero attached hydrogens (tertiary/aromatic N) is 5. The number of carbonyl (C=O) groups is 1. The molecule has 0 bridgehead atoms. The molecule has 0 aliphatic carbocycles. The Morgan fingerprint density at radius 2 is 1.84 bits per heavy atom. The number of amides is 1. The number of hydrogen-bond acceptors (Lipinski definition) is 6. The topological polar surface area (TPSA) is 88.2 Å². The van der Waals surface area contributed by atoms with Gasteiger partial charge in [-0.1, -0.05) is 13.0 Å². The van der Waals surface area contributed by atoms with Crippen molar-refractivity contribution in [2.45, 2.75) is 26.7 Å². The fraction of sp³-hybridized carbons (Fsp3) is 0.360. The maximum atomic E-state index is 13.2. The minimum atomic E-state index is 0.101. The van der Waals surface area contributed by atoms with E-state index in [1.165, 1.54) is 0 Å². The number of aryl methyl sites for hydroxylation is 2. The van der Waals surface area contributed by atoms with Gasteiger partial charge in [0.15, 0.2) is 0 Å². The molecule has 4 rings (SSSR count). The fourth-order valence-corrected chi connectivity index (χ4v) is 4.24. The van der Waals surface area contributed by atoms with Crippen LogP contribution >= 0.6 is 0 Å². The molecule has 1 saturated heterocycles. The third-order valence-corrected chi connectivity index (χ3v) is 6.07. The van der Waals surface area contributed by atoms with Crippen molar-refractivity contribution in [3.63, 3.8) is 0 Å². The molecule has 7 nitrogen and oxygen atoms in total. The van der Waals surface area contributed by atoms with Gasteiger partial charge in [0.25, 0.3) is 5.91 Å². The van der Waals surface area contributed by atoms with E-state index in [1.807, 2.05) is 36.1 Å². The van der Waals surface area contributed by atoms with E-state index < -0.39 is 0 Å². The van der Waals surface area contributed by atoms with Crippen LogP contribution in [0.25, 0.3) is 22.4 Å². The first-order chi connectivity index (χ1) is 15.5. The lowest BCUT2D eigenvalue weighted by Gasteiger charge is -2.22. The Morgan fingerprint density at radius 3 is 2.56 bits per heavy atom. The molecule has 3 heterocycles. The third kappa shape index (κ3) is 4.48. The zero-order valence-corrected chi connectivity index (χ0v) is 19.0. The third-order valence-electron chi connectivity index (χ3n) is 6.07. The lowest BCUT2D eigenvalue weighted by molar-refractivity contribution is 0.0762.